The van der Waals surface area contributed by atoms with Crippen LogP contribution in [0.3, 0.4) is 0 Å². The summed E-state index contributed by atoms with van der Waals surface area (Å²) in [4.78, 5) is 33.1. The number of benzene rings is 2. The molecule has 0 atom stereocenters. The molecule has 0 fully saturated rings. The fraction of sp³-hybridized carbons (Fsp3) is 0.286. The second-order valence-electron chi connectivity index (χ2n) is 6.67. The number of amides is 2. The summed E-state index contributed by atoms with van der Waals surface area (Å²) in [5, 5.41) is 2.72. The summed E-state index contributed by atoms with van der Waals surface area (Å²) in [5.41, 5.74) is 3.68. The predicted molar refractivity (Wildman–Crippen MR) is 107 cm³/mol. The Balaban J connectivity index is 1.46. The third-order valence-electron chi connectivity index (χ3n) is 4.40. The average molecular weight is 364 g/mol. The van der Waals surface area contributed by atoms with Crippen molar-refractivity contribution >= 4 is 28.5 Å². The Hall–Kier alpha value is -3.15. The number of aromatic nitrogens is 2. The van der Waals surface area contributed by atoms with Crippen LogP contribution in [-0.4, -0.2) is 40.3 Å². The molecule has 0 bridgehead atoms. The third-order valence-corrected chi connectivity index (χ3v) is 4.40. The molecule has 2 N–H and O–H groups in total. The Morgan fingerprint density at radius 3 is 2.56 bits per heavy atom. The highest BCUT2D eigenvalue weighted by molar-refractivity contribution is 5.88. The van der Waals surface area contributed by atoms with E-state index >= 15 is 0 Å². The number of nitrogens with one attached hydrogen (secondary N) is 2. The molecule has 0 spiro atoms. The van der Waals surface area contributed by atoms with E-state index in [1.807, 2.05) is 55.6 Å². The molecular weight excluding hydrogens is 340 g/mol. The van der Waals surface area contributed by atoms with Crippen LogP contribution >= 0.6 is 0 Å². The van der Waals surface area contributed by atoms with Crippen molar-refractivity contribution < 1.29 is 9.59 Å². The Bertz CT molecular complexity index is 898. The van der Waals surface area contributed by atoms with E-state index in [0.29, 0.717) is 13.0 Å². The number of nitrogens with zero attached hydrogens (tertiary/aromatic N) is 2. The maximum atomic E-state index is 12.4. The van der Waals surface area contributed by atoms with E-state index in [0.717, 1.165) is 41.0 Å². The van der Waals surface area contributed by atoms with Crippen molar-refractivity contribution in [1.82, 2.24) is 14.9 Å². The molecule has 3 aromatic rings. The number of imidazole rings is 1. The van der Waals surface area contributed by atoms with E-state index in [4.69, 9.17) is 0 Å². The number of aryl methyl sites for hydroxylation is 1. The van der Waals surface area contributed by atoms with Gasteiger partial charge in [-0.2, -0.15) is 0 Å². The van der Waals surface area contributed by atoms with Gasteiger partial charge in [0.2, 0.25) is 11.8 Å². The summed E-state index contributed by atoms with van der Waals surface area (Å²) in [6.45, 7) is 2.15. The van der Waals surface area contributed by atoms with Crippen LogP contribution in [0.25, 0.3) is 11.0 Å². The molecule has 2 aromatic carbocycles. The smallest absolute Gasteiger partial charge is 0.226 e. The normalized spacial score (nSPS) is 10.7. The molecule has 1 aromatic heterocycles. The van der Waals surface area contributed by atoms with Gasteiger partial charge in [0.15, 0.2) is 0 Å². The zero-order valence-electron chi connectivity index (χ0n) is 15.7. The number of aromatic amines is 1. The maximum absolute atomic E-state index is 12.4. The molecule has 3 rings (SSSR count). The highest BCUT2D eigenvalue weighted by Crippen LogP contribution is 2.13. The van der Waals surface area contributed by atoms with Crippen LogP contribution in [0.1, 0.15) is 24.7 Å². The molecule has 0 aliphatic rings. The number of anilines is 1. The molecule has 0 aliphatic carbocycles. The largest absolute Gasteiger partial charge is 0.345 e. The summed E-state index contributed by atoms with van der Waals surface area (Å²) in [7, 11) is 1.83. The van der Waals surface area contributed by atoms with E-state index in [2.05, 4.69) is 15.3 Å². The first-order valence-corrected chi connectivity index (χ1v) is 9.05. The minimum absolute atomic E-state index is 0.0758. The second-order valence-corrected chi connectivity index (χ2v) is 6.67. The number of likely N-dealkylation sites (N-methyl/N-ethyl adjacent to an activating group) is 1. The van der Waals surface area contributed by atoms with Crippen LogP contribution in [0.15, 0.2) is 48.5 Å². The molecule has 0 radical (unpaired) electrons. The van der Waals surface area contributed by atoms with Gasteiger partial charge in [-0.3, -0.25) is 9.59 Å². The van der Waals surface area contributed by atoms with Crippen molar-refractivity contribution in [2.75, 3.05) is 18.9 Å². The molecule has 140 valence electrons. The molecule has 6 nitrogen and oxygen atoms in total. The summed E-state index contributed by atoms with van der Waals surface area (Å²) >= 11 is 0. The molecule has 0 saturated heterocycles. The number of hydrogen-bond acceptors (Lipinski definition) is 3. The lowest BCUT2D eigenvalue weighted by Crippen LogP contribution is -2.29. The highest BCUT2D eigenvalue weighted by atomic mass is 16.2. The number of hydrogen-bond donors (Lipinski definition) is 2. The molecule has 0 saturated carbocycles. The Morgan fingerprint density at radius 1 is 1.11 bits per heavy atom. The third kappa shape index (κ3) is 5.17. The zero-order valence-corrected chi connectivity index (χ0v) is 15.7. The van der Waals surface area contributed by atoms with Crippen molar-refractivity contribution in [3.63, 3.8) is 0 Å². The first-order valence-electron chi connectivity index (χ1n) is 9.05. The lowest BCUT2D eigenvalue weighted by Gasteiger charge is -2.17. The topological polar surface area (TPSA) is 78.1 Å². The van der Waals surface area contributed by atoms with Crippen LogP contribution < -0.4 is 5.32 Å². The average Bonchev–Trinajstić information content (AvgIpc) is 3.05. The first-order chi connectivity index (χ1) is 13.0. The number of H-pyrrole nitrogens is 1. The number of rotatable bonds is 7. The van der Waals surface area contributed by atoms with Gasteiger partial charge in [-0.05, 0) is 36.2 Å². The highest BCUT2D eigenvalue weighted by Gasteiger charge is 2.10. The van der Waals surface area contributed by atoms with E-state index in [1.54, 1.807) is 4.90 Å². The molecule has 1 heterocycles. The van der Waals surface area contributed by atoms with Crippen molar-refractivity contribution in [3.05, 3.63) is 59.9 Å². The van der Waals surface area contributed by atoms with Crippen LogP contribution in [-0.2, 0) is 22.4 Å². The van der Waals surface area contributed by atoms with E-state index < -0.39 is 0 Å². The van der Waals surface area contributed by atoms with E-state index in [9.17, 15) is 9.59 Å². The maximum Gasteiger partial charge on any atom is 0.226 e. The van der Waals surface area contributed by atoms with Crippen LogP contribution in [0.5, 0.6) is 0 Å². The van der Waals surface area contributed by atoms with Crippen molar-refractivity contribution in [2.45, 2.75) is 26.2 Å². The molecule has 6 heteroatoms. The Labute approximate surface area is 158 Å². The lowest BCUT2D eigenvalue weighted by atomic mass is 10.1. The number of carbonyl (C=O) groups is 2. The first kappa shape index (κ1) is 18.6. The fourth-order valence-corrected chi connectivity index (χ4v) is 2.95. The van der Waals surface area contributed by atoms with Crippen LogP contribution in [0, 0.1) is 0 Å². The summed E-state index contributed by atoms with van der Waals surface area (Å²) in [5.74, 6) is 0.917. The molecule has 2 amide bonds. The minimum Gasteiger partial charge on any atom is -0.345 e. The lowest BCUT2D eigenvalue weighted by molar-refractivity contribution is -0.129. The fourth-order valence-electron chi connectivity index (χ4n) is 2.95. The Morgan fingerprint density at radius 2 is 1.85 bits per heavy atom. The van der Waals surface area contributed by atoms with Gasteiger partial charge < -0.3 is 15.2 Å². The quantitative estimate of drug-likeness (QED) is 0.676. The monoisotopic (exact) mass is 364 g/mol. The summed E-state index contributed by atoms with van der Waals surface area (Å²) in [6, 6.07) is 15.3. The zero-order chi connectivity index (χ0) is 19.2. The van der Waals surface area contributed by atoms with Crippen LogP contribution in [0.4, 0.5) is 5.69 Å². The van der Waals surface area contributed by atoms with Gasteiger partial charge in [-0.25, -0.2) is 4.98 Å². The van der Waals surface area contributed by atoms with Gasteiger partial charge in [0.1, 0.15) is 5.82 Å². The summed E-state index contributed by atoms with van der Waals surface area (Å²) < 4.78 is 0. The van der Waals surface area contributed by atoms with Gasteiger partial charge in [-0.15, -0.1) is 0 Å². The molecule has 0 aliphatic heterocycles. The van der Waals surface area contributed by atoms with Crippen molar-refractivity contribution in [1.29, 1.82) is 0 Å². The Kier molecular flexibility index (Phi) is 5.86. The second kappa shape index (κ2) is 8.49. The van der Waals surface area contributed by atoms with Gasteiger partial charge in [0.05, 0.1) is 17.5 Å². The standard InChI is InChI=1S/C21H24N4O2/c1-15(26)22-17-11-9-16(10-12-17)14-21(27)25(2)13-5-8-20-23-18-6-3-4-7-19(18)24-20/h3-4,6-7,9-12H,5,8,13-14H2,1-2H3,(H,22,26)(H,23,24). The number of para-hydroxylation sites is 2. The van der Waals surface area contributed by atoms with E-state index in [1.165, 1.54) is 6.92 Å². The molecular formula is C21H24N4O2. The minimum atomic E-state index is -0.108. The van der Waals surface area contributed by atoms with Crippen molar-refractivity contribution in [2.24, 2.45) is 0 Å². The van der Waals surface area contributed by atoms with Gasteiger partial charge in [0, 0.05) is 32.6 Å². The number of fused-ring (bicyclic) bond motifs is 1. The number of carbonyl (C=O) groups excluding carboxylic acids is 2. The van der Waals surface area contributed by atoms with Gasteiger partial charge in [0.25, 0.3) is 0 Å². The molecule has 27 heavy (non-hydrogen) atoms. The van der Waals surface area contributed by atoms with Crippen molar-refractivity contribution in [3.8, 4) is 0 Å². The van der Waals surface area contributed by atoms with E-state index in [-0.39, 0.29) is 11.8 Å². The predicted octanol–water partition coefficient (Wildman–Crippen LogP) is 3.16. The SMILES string of the molecule is CC(=O)Nc1ccc(CC(=O)N(C)CCCc2nc3ccccc3[nH]2)cc1. The summed E-state index contributed by atoms with van der Waals surface area (Å²) in [6.07, 6.45) is 2.00. The molecule has 0 unspecified atom stereocenters. The van der Waals surface area contributed by atoms with Gasteiger partial charge >= 0.3 is 0 Å². The van der Waals surface area contributed by atoms with Crippen LogP contribution in [0.2, 0.25) is 0 Å². The van der Waals surface area contributed by atoms with Gasteiger partial charge in [-0.1, -0.05) is 24.3 Å².